The highest BCUT2D eigenvalue weighted by Crippen LogP contribution is 2.36. The van der Waals surface area contributed by atoms with Crippen molar-refractivity contribution in [2.45, 2.75) is 17.8 Å². The third-order valence-corrected chi connectivity index (χ3v) is 5.59. The van der Waals surface area contributed by atoms with E-state index in [2.05, 4.69) is 0 Å². The first kappa shape index (κ1) is 17.9. The lowest BCUT2D eigenvalue weighted by Gasteiger charge is -2.22. The van der Waals surface area contributed by atoms with Crippen LogP contribution in [-0.2, 0) is 6.18 Å². The van der Waals surface area contributed by atoms with Gasteiger partial charge in [0.05, 0.1) is 11.1 Å². The third-order valence-electron chi connectivity index (χ3n) is 4.26. The first-order valence-electron chi connectivity index (χ1n) is 8.09. The smallest absolute Gasteiger partial charge is 0.338 e. The molecular weight excluding hydrogens is 347 g/mol. The van der Waals surface area contributed by atoms with Crippen molar-refractivity contribution < 1.29 is 18.0 Å². The summed E-state index contributed by atoms with van der Waals surface area (Å²) in [6, 6.07) is 15.0. The van der Waals surface area contributed by atoms with Crippen molar-refractivity contribution in [3.8, 4) is 0 Å². The van der Waals surface area contributed by atoms with Gasteiger partial charge in [0.1, 0.15) is 0 Å². The van der Waals surface area contributed by atoms with E-state index in [0.717, 1.165) is 12.5 Å². The van der Waals surface area contributed by atoms with E-state index in [4.69, 9.17) is 0 Å². The summed E-state index contributed by atoms with van der Waals surface area (Å²) in [6.45, 7) is 0.913. The lowest BCUT2D eigenvalue weighted by molar-refractivity contribution is -0.138. The fourth-order valence-electron chi connectivity index (χ4n) is 2.99. The third kappa shape index (κ3) is 4.18. The van der Waals surface area contributed by atoms with Crippen molar-refractivity contribution in [2.24, 2.45) is 0 Å². The van der Waals surface area contributed by atoms with Gasteiger partial charge in [0, 0.05) is 24.1 Å². The zero-order valence-corrected chi connectivity index (χ0v) is 14.3. The van der Waals surface area contributed by atoms with Gasteiger partial charge in [0.15, 0.2) is 0 Å². The average Bonchev–Trinajstić information content (AvgIpc) is 2.87. The predicted molar refractivity (Wildman–Crippen MR) is 93.6 cm³/mol. The molecule has 1 atom stereocenters. The van der Waals surface area contributed by atoms with Gasteiger partial charge >= 0.3 is 6.18 Å². The van der Waals surface area contributed by atoms with Crippen molar-refractivity contribution in [3.05, 3.63) is 71.3 Å². The lowest BCUT2D eigenvalue weighted by atomic mass is 10.1. The second-order valence-electron chi connectivity index (χ2n) is 5.89. The molecule has 132 valence electrons. The maximum absolute atomic E-state index is 13.2. The van der Waals surface area contributed by atoms with Crippen molar-refractivity contribution in [2.75, 3.05) is 18.8 Å². The molecule has 0 spiro atoms. The molecule has 1 fully saturated rings. The van der Waals surface area contributed by atoms with Crippen molar-refractivity contribution in [1.82, 2.24) is 4.90 Å². The number of nitrogens with zero attached hydrogens (tertiary/aromatic N) is 1. The van der Waals surface area contributed by atoms with E-state index < -0.39 is 17.6 Å². The first-order valence-corrected chi connectivity index (χ1v) is 9.14. The molecule has 6 heteroatoms. The van der Waals surface area contributed by atoms with Crippen LogP contribution in [0, 0.1) is 0 Å². The Labute approximate surface area is 149 Å². The highest BCUT2D eigenvalue weighted by atomic mass is 32.2. The van der Waals surface area contributed by atoms with Crippen LogP contribution in [0.3, 0.4) is 0 Å². The minimum absolute atomic E-state index is 0.261. The molecule has 2 aromatic carbocycles. The topological polar surface area (TPSA) is 20.3 Å². The Morgan fingerprint density at radius 1 is 1.00 bits per heavy atom. The van der Waals surface area contributed by atoms with Crippen LogP contribution in [0.5, 0.6) is 0 Å². The van der Waals surface area contributed by atoms with Crippen molar-refractivity contribution in [1.29, 1.82) is 0 Å². The fraction of sp³-hybridized carbons (Fsp3) is 0.316. The van der Waals surface area contributed by atoms with Gasteiger partial charge in [-0.15, -0.1) is 0 Å². The highest BCUT2D eigenvalue weighted by Gasteiger charge is 2.36. The van der Waals surface area contributed by atoms with Crippen LogP contribution < -0.4 is 0 Å². The van der Waals surface area contributed by atoms with Gasteiger partial charge in [0.2, 0.25) is 0 Å². The summed E-state index contributed by atoms with van der Waals surface area (Å²) in [5, 5.41) is 0.261. The second kappa shape index (κ2) is 7.52. The maximum Gasteiger partial charge on any atom is 0.417 e. The van der Waals surface area contributed by atoms with Crippen LogP contribution in [0.2, 0.25) is 0 Å². The average molecular weight is 365 g/mol. The highest BCUT2D eigenvalue weighted by molar-refractivity contribution is 7.99. The standard InChI is InChI=1S/C19H18F3NOS/c20-19(21,22)16-9-5-4-8-15(16)18(24)23-11-10-17(25-13-12-23)14-6-2-1-3-7-14/h1-9,17H,10-13H2/t17-/m1/s1. The zero-order valence-electron chi connectivity index (χ0n) is 13.5. The van der Waals surface area contributed by atoms with Crippen LogP contribution in [0.1, 0.15) is 33.2 Å². The quantitative estimate of drug-likeness (QED) is 0.744. The number of benzene rings is 2. The summed E-state index contributed by atoms with van der Waals surface area (Å²) < 4.78 is 39.5. The molecular formula is C19H18F3NOS. The summed E-state index contributed by atoms with van der Waals surface area (Å²) in [5.74, 6) is 0.168. The number of hydrogen-bond acceptors (Lipinski definition) is 2. The Morgan fingerprint density at radius 2 is 1.68 bits per heavy atom. The minimum Gasteiger partial charge on any atom is -0.338 e. The van der Waals surface area contributed by atoms with Gasteiger partial charge in [-0.1, -0.05) is 42.5 Å². The summed E-state index contributed by atoms with van der Waals surface area (Å²) in [5.41, 5.74) is 0.0622. The minimum atomic E-state index is -4.53. The Morgan fingerprint density at radius 3 is 2.40 bits per heavy atom. The predicted octanol–water partition coefficient (Wildman–Crippen LogP) is 5.03. The van der Waals surface area contributed by atoms with E-state index in [1.807, 2.05) is 30.3 Å². The molecule has 0 N–H and O–H groups in total. The maximum atomic E-state index is 13.2. The Hall–Kier alpha value is -1.95. The van der Waals surface area contributed by atoms with Crippen LogP contribution in [0.4, 0.5) is 13.2 Å². The first-order chi connectivity index (χ1) is 12.0. The van der Waals surface area contributed by atoms with E-state index in [9.17, 15) is 18.0 Å². The normalized spacial score (nSPS) is 18.7. The van der Waals surface area contributed by atoms with E-state index >= 15 is 0 Å². The lowest BCUT2D eigenvalue weighted by Crippen LogP contribution is -2.34. The summed E-state index contributed by atoms with van der Waals surface area (Å²) in [4.78, 5) is 14.2. The van der Waals surface area contributed by atoms with Crippen molar-refractivity contribution >= 4 is 17.7 Å². The molecule has 1 aliphatic heterocycles. The molecule has 3 rings (SSSR count). The summed E-state index contributed by atoms with van der Waals surface area (Å²) in [6.07, 6.45) is -3.80. The van der Waals surface area contributed by atoms with Crippen LogP contribution in [0.25, 0.3) is 0 Å². The number of thioether (sulfide) groups is 1. The van der Waals surface area contributed by atoms with Gasteiger partial charge < -0.3 is 4.90 Å². The van der Waals surface area contributed by atoms with Gasteiger partial charge in [-0.25, -0.2) is 0 Å². The molecule has 2 aromatic rings. The Kier molecular flexibility index (Phi) is 5.37. The summed E-state index contributed by atoms with van der Waals surface area (Å²) >= 11 is 1.75. The Bertz CT molecular complexity index is 733. The number of alkyl halides is 3. The molecule has 0 saturated carbocycles. The van der Waals surface area contributed by atoms with Gasteiger partial charge in [-0.2, -0.15) is 24.9 Å². The fourth-order valence-corrected chi connectivity index (χ4v) is 4.23. The SMILES string of the molecule is O=C(c1ccccc1C(F)(F)F)N1CCS[C@@H](c2ccccc2)CC1. The zero-order chi connectivity index (χ0) is 17.9. The van der Waals surface area contributed by atoms with Crippen molar-refractivity contribution in [3.63, 3.8) is 0 Å². The molecule has 0 aliphatic carbocycles. The largest absolute Gasteiger partial charge is 0.417 e. The van der Waals surface area contributed by atoms with E-state index in [0.29, 0.717) is 18.8 Å². The number of carbonyl (C=O) groups excluding carboxylic acids is 1. The number of halogens is 3. The molecule has 0 bridgehead atoms. The van der Waals surface area contributed by atoms with Crippen LogP contribution in [0.15, 0.2) is 54.6 Å². The van der Waals surface area contributed by atoms with Crippen LogP contribution in [-0.4, -0.2) is 29.6 Å². The van der Waals surface area contributed by atoms with E-state index in [1.165, 1.54) is 23.8 Å². The molecule has 0 unspecified atom stereocenters. The Balaban J connectivity index is 1.76. The van der Waals surface area contributed by atoms with E-state index in [1.54, 1.807) is 16.7 Å². The summed E-state index contributed by atoms with van der Waals surface area (Å²) in [7, 11) is 0. The van der Waals surface area contributed by atoms with E-state index in [-0.39, 0.29) is 10.8 Å². The van der Waals surface area contributed by atoms with Crippen LogP contribution >= 0.6 is 11.8 Å². The number of rotatable bonds is 2. The molecule has 0 aromatic heterocycles. The van der Waals surface area contributed by atoms with Gasteiger partial charge in [-0.05, 0) is 24.1 Å². The number of amides is 1. The number of carbonyl (C=O) groups is 1. The van der Waals surface area contributed by atoms with Gasteiger partial charge in [-0.3, -0.25) is 4.79 Å². The molecule has 2 nitrogen and oxygen atoms in total. The molecule has 1 amide bonds. The molecule has 0 radical (unpaired) electrons. The molecule has 25 heavy (non-hydrogen) atoms. The second-order valence-corrected chi connectivity index (χ2v) is 7.20. The molecule has 1 aliphatic rings. The van der Waals surface area contributed by atoms with Gasteiger partial charge in [0.25, 0.3) is 5.91 Å². The molecule has 1 saturated heterocycles. The number of hydrogen-bond donors (Lipinski definition) is 0. The molecule has 1 heterocycles. The monoisotopic (exact) mass is 365 g/mol.